The third-order valence-corrected chi connectivity index (χ3v) is 12.7. The van der Waals surface area contributed by atoms with Crippen LogP contribution in [0.4, 0.5) is 4.39 Å². The quantitative estimate of drug-likeness (QED) is 0.301. The molecule has 4 amide bonds. The van der Waals surface area contributed by atoms with Crippen LogP contribution in [0.2, 0.25) is 0 Å². The van der Waals surface area contributed by atoms with E-state index in [1.165, 1.54) is 29.4 Å². The van der Waals surface area contributed by atoms with Crippen molar-refractivity contribution in [1.82, 2.24) is 35.4 Å². The van der Waals surface area contributed by atoms with E-state index in [4.69, 9.17) is 9.26 Å². The van der Waals surface area contributed by atoms with E-state index >= 15 is 0 Å². The molecule has 2 aliphatic carbocycles. The second kappa shape index (κ2) is 13.6. The van der Waals surface area contributed by atoms with Gasteiger partial charge in [0.1, 0.15) is 41.2 Å². The number of aromatic nitrogens is 3. The number of nitrogens with one attached hydrogen (secondary N) is 3. The molecule has 0 spiro atoms. The first-order valence-electron chi connectivity index (χ1n) is 17.5. The molecule has 3 aromatic rings. The van der Waals surface area contributed by atoms with Gasteiger partial charge in [0.25, 0.3) is 11.8 Å². The van der Waals surface area contributed by atoms with Crippen molar-refractivity contribution in [2.24, 2.45) is 5.92 Å². The van der Waals surface area contributed by atoms with Crippen LogP contribution in [0.3, 0.4) is 0 Å². The molecule has 0 bridgehead atoms. The zero-order valence-electron chi connectivity index (χ0n) is 28.8. The molecule has 52 heavy (non-hydrogen) atoms. The molecular weight excluding hydrogens is 697 g/mol. The van der Waals surface area contributed by atoms with Gasteiger partial charge in [-0.05, 0) is 64.5 Å². The highest BCUT2D eigenvalue weighted by atomic mass is 32.2. The first kappa shape index (κ1) is 35.5. The Bertz CT molecular complexity index is 2050. The third-order valence-electron chi connectivity index (χ3n) is 10.5. The monoisotopic (exact) mass is 737 g/mol. The first-order chi connectivity index (χ1) is 24.8. The average Bonchev–Trinajstić information content (AvgIpc) is 3.85. The van der Waals surface area contributed by atoms with E-state index in [-0.39, 0.29) is 42.9 Å². The van der Waals surface area contributed by atoms with Crippen molar-refractivity contribution in [2.75, 3.05) is 6.54 Å². The third kappa shape index (κ3) is 6.85. The van der Waals surface area contributed by atoms with Gasteiger partial charge in [-0.2, -0.15) is 0 Å². The highest BCUT2D eigenvalue weighted by molar-refractivity contribution is 7.91. The summed E-state index contributed by atoms with van der Waals surface area (Å²) in [5.41, 5.74) is -0.885. The summed E-state index contributed by atoms with van der Waals surface area (Å²) >= 11 is 0. The number of sulfonamides is 1. The molecule has 15 nitrogen and oxygen atoms in total. The second-order valence-electron chi connectivity index (χ2n) is 14.3. The highest BCUT2D eigenvalue weighted by Crippen LogP contribution is 2.47. The molecule has 1 unspecified atom stereocenters. The van der Waals surface area contributed by atoms with Crippen molar-refractivity contribution in [1.29, 1.82) is 0 Å². The standard InChI is InChI=1S/C35H40FN7O8S/c1-20-31(39-28-23(36)10-8-12-24(28)37-20)51-22-17-27-30(45)40-35(33(47)42-52(48,49)34(2)14-15-34)18-21(35)9-6-4-3-5-7-11-26(32(46)43(27)19-22)38-29(44)25-13-16-50-41-25/h6,8-10,12-13,16,21-22,26-27H,3-5,7,11,14-15,17-19H2,1-2H3,(H,38,44)(H,40,45)(H,42,47)/b9-6-/t21?,22-,26+,27+,35-/m1/s1. The maximum atomic E-state index is 14.7. The number of allylic oxidation sites excluding steroid dienone is 1. The lowest BCUT2D eigenvalue weighted by Crippen LogP contribution is -2.58. The summed E-state index contributed by atoms with van der Waals surface area (Å²) in [5, 5.41) is 9.24. The zero-order valence-corrected chi connectivity index (χ0v) is 29.6. The maximum absolute atomic E-state index is 14.7. The van der Waals surface area contributed by atoms with Crippen LogP contribution in [0.1, 0.15) is 80.9 Å². The Morgan fingerprint density at radius 1 is 1.13 bits per heavy atom. The number of para-hydroxylation sites is 1. The first-order valence-corrected chi connectivity index (χ1v) is 19.0. The molecule has 2 saturated carbocycles. The minimum Gasteiger partial charge on any atom is -0.471 e. The number of benzene rings is 1. The van der Waals surface area contributed by atoms with E-state index in [0.717, 1.165) is 12.8 Å². The Kier molecular flexibility index (Phi) is 9.25. The minimum absolute atomic E-state index is 0.00353. The fourth-order valence-electron chi connectivity index (χ4n) is 6.89. The van der Waals surface area contributed by atoms with Crippen LogP contribution in [0.5, 0.6) is 5.88 Å². The number of ether oxygens (including phenoxy) is 1. The van der Waals surface area contributed by atoms with Gasteiger partial charge in [-0.15, -0.1) is 0 Å². The highest BCUT2D eigenvalue weighted by Gasteiger charge is 2.63. The fourth-order valence-corrected chi connectivity index (χ4v) is 8.21. The van der Waals surface area contributed by atoms with Crippen molar-refractivity contribution in [3.05, 3.63) is 59.9 Å². The van der Waals surface area contributed by atoms with Crippen LogP contribution >= 0.6 is 0 Å². The maximum Gasteiger partial charge on any atom is 0.274 e. The molecule has 3 fully saturated rings. The van der Waals surface area contributed by atoms with Crippen molar-refractivity contribution in [3.63, 3.8) is 0 Å². The Morgan fingerprint density at radius 3 is 2.69 bits per heavy atom. The lowest BCUT2D eigenvalue weighted by atomic mass is 10.0. The molecule has 2 aliphatic heterocycles. The molecule has 2 aromatic heterocycles. The molecule has 1 saturated heterocycles. The van der Waals surface area contributed by atoms with Crippen LogP contribution in [-0.4, -0.2) is 87.1 Å². The van der Waals surface area contributed by atoms with Crippen LogP contribution in [0, 0.1) is 18.7 Å². The van der Waals surface area contributed by atoms with Gasteiger partial charge in [-0.25, -0.2) is 22.8 Å². The van der Waals surface area contributed by atoms with Crippen LogP contribution in [0.15, 0.2) is 47.2 Å². The van der Waals surface area contributed by atoms with Gasteiger partial charge >= 0.3 is 0 Å². The summed E-state index contributed by atoms with van der Waals surface area (Å²) in [5.74, 6) is -3.76. The second-order valence-corrected chi connectivity index (χ2v) is 16.5. The zero-order chi connectivity index (χ0) is 36.8. The number of amides is 4. The Hall–Kier alpha value is -4.93. The van der Waals surface area contributed by atoms with Crippen molar-refractivity contribution in [2.45, 2.75) is 100 Å². The summed E-state index contributed by atoms with van der Waals surface area (Å²) in [6, 6.07) is 3.52. The van der Waals surface area contributed by atoms with Crippen molar-refractivity contribution < 1.29 is 41.2 Å². The average molecular weight is 738 g/mol. The number of nitrogens with zero attached hydrogens (tertiary/aromatic N) is 4. The molecule has 17 heteroatoms. The number of rotatable bonds is 7. The molecule has 7 rings (SSSR count). The number of carbonyl (C=O) groups excluding carboxylic acids is 4. The summed E-state index contributed by atoms with van der Waals surface area (Å²) in [4.78, 5) is 65.6. The lowest BCUT2D eigenvalue weighted by Gasteiger charge is -2.30. The van der Waals surface area contributed by atoms with Crippen LogP contribution in [-0.2, 0) is 24.4 Å². The van der Waals surface area contributed by atoms with E-state index in [2.05, 4.69) is 30.5 Å². The molecule has 1 aromatic carbocycles. The Morgan fingerprint density at radius 2 is 1.94 bits per heavy atom. The van der Waals surface area contributed by atoms with Gasteiger partial charge in [0, 0.05) is 18.4 Å². The van der Waals surface area contributed by atoms with Gasteiger partial charge in [0.2, 0.25) is 27.7 Å². The number of hydrogen-bond donors (Lipinski definition) is 3. The molecule has 0 radical (unpaired) electrons. The minimum atomic E-state index is -4.01. The molecular formula is C35H40FN7O8S. The number of fused-ring (bicyclic) bond motifs is 3. The number of hydrogen-bond acceptors (Lipinski definition) is 11. The molecule has 3 N–H and O–H groups in total. The van der Waals surface area contributed by atoms with Gasteiger partial charge in [0.15, 0.2) is 11.5 Å². The lowest BCUT2D eigenvalue weighted by molar-refractivity contribution is -0.141. The van der Waals surface area contributed by atoms with Gasteiger partial charge < -0.3 is 24.8 Å². The number of halogens is 1. The van der Waals surface area contributed by atoms with Gasteiger partial charge in [-0.3, -0.25) is 23.9 Å². The van der Waals surface area contributed by atoms with E-state index < -0.39 is 73.9 Å². The fraction of sp³-hybridized carbons (Fsp3) is 0.514. The van der Waals surface area contributed by atoms with E-state index in [1.54, 1.807) is 19.9 Å². The SMILES string of the molecule is Cc1nc2cccc(F)c2nc1O[C@@H]1C[C@H]2C(=O)N[C@]3(C(=O)NS(=O)(=O)C4(C)CC4)CC3/C=C\CCCCC[C@H](NC(=O)c3ccon3)C(=O)N2C1. The smallest absolute Gasteiger partial charge is 0.274 e. The van der Waals surface area contributed by atoms with Gasteiger partial charge in [0.05, 0.1) is 16.8 Å². The number of carbonyl (C=O) groups is 4. The van der Waals surface area contributed by atoms with Gasteiger partial charge in [-0.1, -0.05) is 36.2 Å². The summed E-state index contributed by atoms with van der Waals surface area (Å²) in [6.45, 7) is 3.10. The van der Waals surface area contributed by atoms with Crippen LogP contribution in [0.25, 0.3) is 11.0 Å². The summed E-state index contributed by atoms with van der Waals surface area (Å²) in [6.07, 6.45) is 8.11. The van der Waals surface area contributed by atoms with E-state index in [0.29, 0.717) is 36.9 Å². The number of aryl methyl sites for hydroxylation is 1. The largest absolute Gasteiger partial charge is 0.471 e. The molecule has 4 aliphatic rings. The molecule has 5 atom stereocenters. The predicted octanol–water partition coefficient (Wildman–Crippen LogP) is 2.61. The van der Waals surface area contributed by atoms with E-state index in [9.17, 15) is 32.0 Å². The predicted molar refractivity (Wildman–Crippen MR) is 182 cm³/mol. The molecule has 4 heterocycles. The molecule has 276 valence electrons. The Balaban J connectivity index is 1.20. The van der Waals surface area contributed by atoms with Crippen molar-refractivity contribution >= 4 is 44.7 Å². The normalized spacial score (nSPS) is 28.0. The van der Waals surface area contributed by atoms with E-state index in [1.807, 2.05) is 12.2 Å². The van der Waals surface area contributed by atoms with Crippen LogP contribution < -0.4 is 20.1 Å². The summed E-state index contributed by atoms with van der Waals surface area (Å²) < 4.78 is 53.0. The topological polar surface area (TPSA) is 203 Å². The Labute approximate surface area is 299 Å². The van der Waals surface area contributed by atoms with Crippen molar-refractivity contribution in [3.8, 4) is 5.88 Å². The summed E-state index contributed by atoms with van der Waals surface area (Å²) in [7, 11) is -4.01.